The van der Waals surface area contributed by atoms with E-state index in [-0.39, 0.29) is 24.3 Å². The van der Waals surface area contributed by atoms with Gasteiger partial charge in [-0.2, -0.15) is 0 Å². The van der Waals surface area contributed by atoms with Gasteiger partial charge in [0.15, 0.2) is 12.3 Å². The van der Waals surface area contributed by atoms with Crippen molar-refractivity contribution in [1.29, 1.82) is 0 Å². The Morgan fingerprint density at radius 2 is 1.92 bits per heavy atom. The Balaban J connectivity index is 1.30. The van der Waals surface area contributed by atoms with Gasteiger partial charge in [-0.05, 0) is 53.6 Å². The smallest absolute Gasteiger partial charge is 0.337 e. The third kappa shape index (κ3) is 6.80. The molecule has 1 aliphatic rings. The number of methoxy groups -OCH3 is 1. The Morgan fingerprint density at radius 3 is 2.68 bits per heavy atom. The molecule has 9 nitrogen and oxygen atoms in total. The normalized spacial score (nSPS) is 17.9. The van der Waals surface area contributed by atoms with Crippen LogP contribution in [0.2, 0.25) is 0 Å². The van der Waals surface area contributed by atoms with Crippen molar-refractivity contribution in [1.82, 2.24) is 16.2 Å². The number of esters is 1. The number of hydrogen-bond donors (Lipinski definition) is 4. The molecule has 0 radical (unpaired) electrons. The highest BCUT2D eigenvalue weighted by atomic mass is 32.1. The molecule has 1 fully saturated rings. The van der Waals surface area contributed by atoms with Gasteiger partial charge in [-0.25, -0.2) is 10.2 Å². The van der Waals surface area contributed by atoms with Gasteiger partial charge in [0.2, 0.25) is 5.91 Å². The topological polar surface area (TPSA) is 129 Å². The Morgan fingerprint density at radius 1 is 1.11 bits per heavy atom. The van der Waals surface area contributed by atoms with Crippen LogP contribution in [0.15, 0.2) is 66.0 Å². The molecule has 4 N–H and O–H groups in total. The summed E-state index contributed by atoms with van der Waals surface area (Å²) in [4.78, 5) is 37.9. The van der Waals surface area contributed by atoms with Crippen molar-refractivity contribution in [3.05, 3.63) is 82.7 Å². The number of amides is 2. The van der Waals surface area contributed by atoms with Crippen LogP contribution < -0.4 is 16.2 Å². The molecule has 1 aromatic heterocycles. The van der Waals surface area contributed by atoms with E-state index in [0.717, 1.165) is 16.7 Å². The molecule has 1 saturated heterocycles. The highest BCUT2D eigenvalue weighted by molar-refractivity contribution is 7.13. The number of hydrogen-bond acceptors (Lipinski definition) is 8. The number of rotatable bonds is 11. The van der Waals surface area contributed by atoms with Crippen LogP contribution in [0.3, 0.4) is 0 Å². The van der Waals surface area contributed by atoms with E-state index < -0.39 is 24.4 Å². The molecule has 0 aliphatic carbocycles. The predicted molar refractivity (Wildman–Crippen MR) is 138 cm³/mol. The molecule has 194 valence electrons. The maximum absolute atomic E-state index is 13.1. The molecular formula is C27H29N3O6S. The third-order valence-corrected chi connectivity index (χ3v) is 6.97. The quantitative estimate of drug-likeness (QED) is 0.132. The predicted octanol–water partition coefficient (Wildman–Crippen LogP) is 2.72. The second-order valence-electron chi connectivity index (χ2n) is 8.64. The fraction of sp³-hybridized carbons (Fsp3) is 0.296. The number of aliphatic hydroxyl groups excluding tert-OH is 1. The minimum absolute atomic E-state index is 0.0778. The minimum Gasteiger partial charge on any atom is -0.467 e. The second-order valence-corrected chi connectivity index (χ2v) is 9.58. The summed E-state index contributed by atoms with van der Waals surface area (Å²) in [6.07, 6.45) is -2.50. The summed E-state index contributed by atoms with van der Waals surface area (Å²) in [5.74, 6) is -1.20. The summed E-state index contributed by atoms with van der Waals surface area (Å²) in [7, 11) is 1.23. The highest BCUT2D eigenvalue weighted by Gasteiger charge is 2.50. The van der Waals surface area contributed by atoms with Crippen molar-refractivity contribution in [2.75, 3.05) is 7.11 Å². The van der Waals surface area contributed by atoms with Crippen molar-refractivity contribution >= 4 is 29.1 Å². The summed E-state index contributed by atoms with van der Waals surface area (Å²) in [6, 6.07) is 19.1. The number of aliphatic hydroxyl groups is 1. The van der Waals surface area contributed by atoms with Crippen LogP contribution in [0.25, 0.3) is 10.4 Å². The number of epoxide rings is 1. The first kappa shape index (κ1) is 26.5. The third-order valence-electron chi connectivity index (χ3n) is 6.05. The van der Waals surface area contributed by atoms with Gasteiger partial charge in [-0.3, -0.25) is 15.0 Å². The van der Waals surface area contributed by atoms with Crippen LogP contribution in [0, 0.1) is 0 Å². The highest BCUT2D eigenvalue weighted by Crippen LogP contribution is 2.27. The molecule has 10 heteroatoms. The Kier molecular flexibility index (Phi) is 8.67. The van der Waals surface area contributed by atoms with Gasteiger partial charge in [0, 0.05) is 16.9 Å². The fourth-order valence-electron chi connectivity index (χ4n) is 3.94. The lowest BCUT2D eigenvalue weighted by Crippen LogP contribution is -2.47. The van der Waals surface area contributed by atoms with Crippen molar-refractivity contribution in [3.8, 4) is 10.4 Å². The van der Waals surface area contributed by atoms with Crippen LogP contribution >= 0.6 is 11.3 Å². The van der Waals surface area contributed by atoms with Crippen molar-refractivity contribution in [2.24, 2.45) is 0 Å². The minimum atomic E-state index is -1.26. The fourth-order valence-corrected chi connectivity index (χ4v) is 4.66. The first-order chi connectivity index (χ1) is 17.9. The van der Waals surface area contributed by atoms with Crippen LogP contribution in [0.4, 0.5) is 0 Å². The second kappa shape index (κ2) is 12.1. The number of nitrogens with one attached hydrogen (secondary N) is 3. The number of carbonyl (C=O) groups is 3. The van der Waals surface area contributed by atoms with Gasteiger partial charge in [-0.15, -0.1) is 11.3 Å². The standard InChI is InChI=1S/C27H29N3O6S/c1-16(18-8-5-9-19(15-18)21-11-6-14-37-21)28-25(32)20-10-4-3-7-17(20)12-13-22(31)29-30-26(33)23-24(36-23)27(34)35-2/h3-11,14-16,23-24,26,30,33H,12-13H2,1-2H3,(H,28,32)(H,29,31)/t16-,23?,24-,26+/m1/s1. The summed E-state index contributed by atoms with van der Waals surface area (Å²) in [5, 5.41) is 15.1. The molecule has 2 heterocycles. The van der Waals surface area contributed by atoms with E-state index >= 15 is 0 Å². The largest absolute Gasteiger partial charge is 0.467 e. The van der Waals surface area contributed by atoms with E-state index in [1.165, 1.54) is 12.0 Å². The first-order valence-corrected chi connectivity index (χ1v) is 12.7. The zero-order valence-corrected chi connectivity index (χ0v) is 21.3. The maximum atomic E-state index is 13.1. The molecule has 1 unspecified atom stereocenters. The molecule has 4 atom stereocenters. The number of ether oxygens (including phenoxy) is 2. The van der Waals surface area contributed by atoms with E-state index in [2.05, 4.69) is 33.0 Å². The molecule has 4 rings (SSSR count). The molecule has 3 aromatic rings. The van der Waals surface area contributed by atoms with Crippen molar-refractivity contribution in [2.45, 2.75) is 44.2 Å². The number of aryl methyl sites for hydroxylation is 1. The number of hydrazine groups is 1. The van der Waals surface area contributed by atoms with Crippen LogP contribution in [-0.2, 0) is 25.5 Å². The van der Waals surface area contributed by atoms with Gasteiger partial charge in [-0.1, -0.05) is 42.5 Å². The van der Waals surface area contributed by atoms with Gasteiger partial charge >= 0.3 is 5.97 Å². The lowest BCUT2D eigenvalue weighted by Gasteiger charge is -2.17. The van der Waals surface area contributed by atoms with Gasteiger partial charge in [0.05, 0.1) is 13.2 Å². The monoisotopic (exact) mass is 523 g/mol. The van der Waals surface area contributed by atoms with Crippen LogP contribution in [-0.4, -0.2) is 48.4 Å². The molecule has 0 spiro atoms. The summed E-state index contributed by atoms with van der Waals surface area (Å²) in [5.41, 5.74) is 8.16. The van der Waals surface area contributed by atoms with E-state index in [0.29, 0.717) is 12.0 Å². The molecule has 1 aliphatic heterocycles. The summed E-state index contributed by atoms with van der Waals surface area (Å²) in [6.45, 7) is 1.94. The van der Waals surface area contributed by atoms with Gasteiger partial charge < -0.3 is 19.9 Å². The molecule has 2 aromatic carbocycles. The molecular weight excluding hydrogens is 494 g/mol. The number of benzene rings is 2. The Bertz CT molecular complexity index is 1250. The molecule has 37 heavy (non-hydrogen) atoms. The van der Waals surface area contributed by atoms with Crippen LogP contribution in [0.1, 0.15) is 40.9 Å². The number of carbonyl (C=O) groups excluding carboxylic acids is 3. The van der Waals surface area contributed by atoms with Crippen LogP contribution in [0.5, 0.6) is 0 Å². The number of thiophene rings is 1. The lowest BCUT2D eigenvalue weighted by atomic mass is 10.0. The van der Waals surface area contributed by atoms with E-state index in [9.17, 15) is 19.5 Å². The SMILES string of the molecule is COC(=O)[C@@H]1OC1[C@H](O)NNC(=O)CCc1ccccc1C(=O)N[C@H](C)c1cccc(-c2cccs2)c1. The summed E-state index contributed by atoms with van der Waals surface area (Å²) < 4.78 is 9.59. The Labute approximate surface area is 218 Å². The molecule has 2 amide bonds. The zero-order chi connectivity index (χ0) is 26.4. The first-order valence-electron chi connectivity index (χ1n) is 11.9. The van der Waals surface area contributed by atoms with E-state index in [4.69, 9.17) is 4.74 Å². The van der Waals surface area contributed by atoms with Gasteiger partial charge in [0.25, 0.3) is 5.91 Å². The average molecular weight is 524 g/mol. The molecule has 0 bridgehead atoms. The average Bonchev–Trinajstić information content (AvgIpc) is 3.54. The lowest BCUT2D eigenvalue weighted by molar-refractivity contribution is -0.142. The summed E-state index contributed by atoms with van der Waals surface area (Å²) >= 11 is 1.67. The zero-order valence-electron chi connectivity index (χ0n) is 20.5. The van der Waals surface area contributed by atoms with E-state index in [1.54, 1.807) is 23.5 Å². The maximum Gasteiger partial charge on any atom is 0.337 e. The van der Waals surface area contributed by atoms with Crippen molar-refractivity contribution < 1.29 is 29.0 Å². The van der Waals surface area contributed by atoms with Crippen molar-refractivity contribution in [3.63, 3.8) is 0 Å². The molecule has 0 saturated carbocycles. The van der Waals surface area contributed by atoms with E-state index in [1.807, 2.05) is 48.7 Å². The van der Waals surface area contributed by atoms with Gasteiger partial charge in [0.1, 0.15) is 6.10 Å². The Hall–Kier alpha value is -3.57.